The van der Waals surface area contributed by atoms with Crippen LogP contribution < -0.4 is 40.9 Å². The van der Waals surface area contributed by atoms with Crippen molar-refractivity contribution in [3.63, 3.8) is 0 Å². The van der Waals surface area contributed by atoms with Gasteiger partial charge in [0.25, 0.3) is 0 Å². The van der Waals surface area contributed by atoms with Crippen LogP contribution in [-0.2, 0) is 77.1 Å². The zero-order valence-corrected chi connectivity index (χ0v) is 66.3. The minimum Gasteiger partial charge on any atom is -0.491 e. The molecule has 0 radical (unpaired) electrons. The lowest BCUT2D eigenvalue weighted by Gasteiger charge is -2.26. The van der Waals surface area contributed by atoms with Gasteiger partial charge >= 0.3 is 18.0 Å². The Labute approximate surface area is 612 Å². The summed E-state index contributed by atoms with van der Waals surface area (Å²) in [6.45, 7) is 37.4. The van der Waals surface area contributed by atoms with Crippen molar-refractivity contribution in [3.8, 4) is 35.2 Å². The van der Waals surface area contributed by atoms with Crippen LogP contribution in [0.15, 0.2) is 72.8 Å². The number of carbonyl (C=O) groups excluding carboxylic acids is 3. The number of alkyl carbamates (subject to hydrolysis) is 1. The van der Waals surface area contributed by atoms with Crippen molar-refractivity contribution in [1.29, 1.82) is 0 Å². The maximum Gasteiger partial charge on any atom is 0.407 e. The largest absolute Gasteiger partial charge is 0.491 e. The third-order valence-electron chi connectivity index (χ3n) is 16.7. The Balaban J connectivity index is 1.40. The van der Waals surface area contributed by atoms with E-state index in [1.807, 2.05) is 102 Å². The van der Waals surface area contributed by atoms with E-state index in [-0.39, 0.29) is 44.6 Å². The van der Waals surface area contributed by atoms with E-state index in [0.717, 1.165) is 54.2 Å². The smallest absolute Gasteiger partial charge is 0.407 e. The standard InChI is InChI=1S/C77H112N9O14P3/c1-16-85(17-2)67-51-59(35-37-69(67)95-46-26-29-74(87)93-20-5)31-33-62-49-65(80-72(54-62)102(14,91)98-23-8)57-83-42-40-82(56-64-48-61(53-71(79-64)101(13,90)97-22-7)28-25-39-78-76(89)100-77(10,11)12)41-43-84(45-44-83)58-66-50-63(55-73(81-66)103(15,92)99-24-9)34-32-60-36-38-70(68(52-60)86(18-3)19-4)96-47-27-30-75(88)94-21-6/h35-38,48-55H,16-30,39-47,56-58H2,1-15H3,(H,78,89). The summed E-state index contributed by atoms with van der Waals surface area (Å²) in [6, 6.07) is 22.9. The van der Waals surface area contributed by atoms with Crippen LogP contribution in [0.25, 0.3) is 0 Å². The second-order valence-corrected chi connectivity index (χ2v) is 33.3. The Kier molecular flexibility index (Phi) is 34.7. The predicted octanol–water partition coefficient (Wildman–Crippen LogP) is 11.8. The van der Waals surface area contributed by atoms with Crippen LogP contribution >= 0.6 is 22.1 Å². The Morgan fingerprint density at radius 3 is 1.21 bits per heavy atom. The molecule has 1 aliphatic rings. The molecule has 3 aromatic heterocycles. The number of benzene rings is 2. The fraction of sp³-hybridized carbons (Fsp3) is 0.558. The highest BCUT2D eigenvalue weighted by Crippen LogP contribution is 2.43. The molecule has 3 unspecified atom stereocenters. The number of anilines is 2. The number of nitrogens with one attached hydrogen (secondary N) is 1. The van der Waals surface area contributed by atoms with Gasteiger partial charge in [-0.25, -0.2) is 19.7 Å². The maximum atomic E-state index is 14.4. The SMILES string of the molecule is CCOC(=O)CCCOc1ccc(C#Cc2cc(CN3CCN(Cc4cc(C#Cc5ccc(OCCCC(=O)OCC)c(N(CC)CC)c5)cc(P(C)(=O)OCC)n4)CCN(Cc4cc(CCCNC(=O)OC(C)(C)C)cc(P(C)(=O)OCC)n4)CC3)nc(P(C)(=O)OCC)c2)cc1N(CC)CC. The van der Waals surface area contributed by atoms with E-state index in [9.17, 15) is 28.1 Å². The summed E-state index contributed by atoms with van der Waals surface area (Å²) in [5.41, 5.74) is 7.72. The van der Waals surface area contributed by atoms with E-state index in [1.165, 1.54) is 0 Å². The quantitative estimate of drug-likeness (QED) is 0.0128. The third kappa shape index (κ3) is 28.4. The zero-order chi connectivity index (χ0) is 75.2. The molecule has 3 atom stereocenters. The van der Waals surface area contributed by atoms with Crippen LogP contribution in [-0.4, -0.2) is 192 Å². The monoisotopic (exact) mass is 1480 g/mol. The molecular formula is C77H112N9O14P3. The Hall–Kier alpha value is -7.13. The van der Waals surface area contributed by atoms with Crippen LogP contribution in [0.3, 0.4) is 0 Å². The highest BCUT2D eigenvalue weighted by Gasteiger charge is 2.28. The Morgan fingerprint density at radius 2 is 0.854 bits per heavy atom. The highest BCUT2D eigenvalue weighted by atomic mass is 31.2. The number of carbonyl (C=O) groups is 3. The molecule has 23 nitrogen and oxygen atoms in total. The van der Waals surface area contributed by atoms with Crippen LogP contribution in [0.2, 0.25) is 0 Å². The molecule has 1 saturated heterocycles. The fourth-order valence-corrected chi connectivity index (χ4v) is 15.6. The number of rotatable bonds is 37. The molecule has 1 fully saturated rings. The van der Waals surface area contributed by atoms with Gasteiger partial charge in [-0.05, 0) is 187 Å². The number of ether oxygens (including phenoxy) is 5. The number of amides is 1. The molecule has 1 N–H and O–H groups in total. The summed E-state index contributed by atoms with van der Waals surface area (Å²) >= 11 is 0. The van der Waals surface area contributed by atoms with Crippen LogP contribution in [0, 0.1) is 23.7 Å². The van der Waals surface area contributed by atoms with Crippen molar-refractivity contribution in [2.45, 2.75) is 147 Å². The average Bonchev–Trinajstić information content (AvgIpc) is 1.17. The minimum atomic E-state index is -3.43. The molecule has 1 aliphatic heterocycles. The highest BCUT2D eigenvalue weighted by molar-refractivity contribution is 7.66. The van der Waals surface area contributed by atoms with E-state index in [2.05, 4.69) is 81.2 Å². The van der Waals surface area contributed by atoms with Crippen LogP contribution in [0.1, 0.15) is 160 Å². The molecule has 0 aliphatic carbocycles. The van der Waals surface area contributed by atoms with Crippen molar-refractivity contribution >= 4 is 67.8 Å². The van der Waals surface area contributed by atoms with Gasteiger partial charge in [-0.1, -0.05) is 23.7 Å². The van der Waals surface area contributed by atoms with Gasteiger partial charge in [0.2, 0.25) is 22.1 Å². The van der Waals surface area contributed by atoms with Gasteiger partial charge in [0, 0.05) is 147 Å². The fourth-order valence-electron chi connectivity index (χ4n) is 11.6. The second-order valence-electron chi connectivity index (χ2n) is 26.1. The maximum absolute atomic E-state index is 14.4. The average molecular weight is 1480 g/mol. The molecule has 564 valence electrons. The van der Waals surface area contributed by atoms with Crippen molar-refractivity contribution in [3.05, 3.63) is 118 Å². The number of hydrogen-bond acceptors (Lipinski definition) is 22. The molecular weight excluding hydrogens is 1370 g/mol. The molecule has 2 aromatic carbocycles. The van der Waals surface area contributed by atoms with E-state index < -0.39 is 33.8 Å². The molecule has 0 saturated carbocycles. The second kappa shape index (κ2) is 42.1. The Bertz CT molecular complexity index is 3680. The molecule has 4 heterocycles. The topological polar surface area (TPSA) is 243 Å². The molecule has 0 bridgehead atoms. The number of aryl methyl sites for hydroxylation is 1. The first-order valence-corrected chi connectivity index (χ1v) is 42.6. The molecule has 0 spiro atoms. The normalized spacial score (nSPS) is 14.9. The molecule has 103 heavy (non-hydrogen) atoms. The first kappa shape index (κ1) is 84.8. The van der Waals surface area contributed by atoms with E-state index in [0.29, 0.717) is 174 Å². The van der Waals surface area contributed by atoms with Crippen molar-refractivity contribution < 1.29 is 65.3 Å². The summed E-state index contributed by atoms with van der Waals surface area (Å²) in [6.07, 6.45) is 2.19. The predicted molar refractivity (Wildman–Crippen MR) is 410 cm³/mol. The third-order valence-corrected chi connectivity index (χ3v) is 22.1. The van der Waals surface area contributed by atoms with Crippen molar-refractivity contribution in [1.82, 2.24) is 35.0 Å². The summed E-state index contributed by atoms with van der Waals surface area (Å²) in [7, 11) is -10.2. The first-order chi connectivity index (χ1) is 49.2. The van der Waals surface area contributed by atoms with Gasteiger partial charge in [0.15, 0.2) is 0 Å². The van der Waals surface area contributed by atoms with Crippen LogP contribution in [0.4, 0.5) is 16.2 Å². The lowest BCUT2D eigenvalue weighted by molar-refractivity contribution is -0.144. The molecule has 26 heteroatoms. The minimum absolute atomic E-state index is 0.216. The molecule has 1 amide bonds. The van der Waals surface area contributed by atoms with Gasteiger partial charge in [-0.15, -0.1) is 0 Å². The summed E-state index contributed by atoms with van der Waals surface area (Å²) < 4.78 is 89.1. The number of nitrogens with zero attached hydrogens (tertiary/aromatic N) is 8. The van der Waals surface area contributed by atoms with Crippen molar-refractivity contribution in [2.75, 3.05) is 148 Å². The van der Waals surface area contributed by atoms with Gasteiger partial charge in [-0.3, -0.25) is 38.0 Å². The molecule has 6 rings (SSSR count). The zero-order valence-electron chi connectivity index (χ0n) is 63.7. The van der Waals surface area contributed by atoms with E-state index >= 15 is 0 Å². The summed E-state index contributed by atoms with van der Waals surface area (Å²) in [5, 5.41) is 2.86. The lowest BCUT2D eigenvalue weighted by Crippen LogP contribution is -2.36. The number of pyridine rings is 3. The Morgan fingerprint density at radius 1 is 0.485 bits per heavy atom. The van der Waals surface area contributed by atoms with Crippen molar-refractivity contribution in [2.24, 2.45) is 0 Å². The summed E-state index contributed by atoms with van der Waals surface area (Å²) in [4.78, 5) is 63.3. The number of esters is 2. The number of aromatic nitrogens is 3. The van der Waals surface area contributed by atoms with Gasteiger partial charge in [0.1, 0.15) is 33.4 Å². The van der Waals surface area contributed by atoms with E-state index in [1.54, 1.807) is 46.0 Å². The van der Waals surface area contributed by atoms with Crippen LogP contribution in [0.5, 0.6) is 11.5 Å². The molecule has 5 aromatic rings. The van der Waals surface area contributed by atoms with Gasteiger partial charge < -0.3 is 52.4 Å². The van der Waals surface area contributed by atoms with Gasteiger partial charge in [-0.2, -0.15) is 0 Å². The summed E-state index contributed by atoms with van der Waals surface area (Å²) in [5.74, 6) is 14.4. The van der Waals surface area contributed by atoms with Gasteiger partial charge in [0.05, 0.1) is 74.7 Å². The lowest BCUT2D eigenvalue weighted by atomic mass is 10.1. The first-order valence-electron chi connectivity index (χ1n) is 36.4. The number of hydrogen-bond donors (Lipinski definition) is 1. The van der Waals surface area contributed by atoms with E-state index in [4.69, 9.17) is 52.2 Å².